The van der Waals surface area contributed by atoms with Crippen LogP contribution >= 0.6 is 7.92 Å². The van der Waals surface area contributed by atoms with Crippen molar-refractivity contribution >= 4 is 38.8 Å². The minimum atomic E-state index is -2.62. The predicted octanol–water partition coefficient (Wildman–Crippen LogP) is 5.60. The van der Waals surface area contributed by atoms with Crippen LogP contribution in [-0.4, -0.2) is 39.8 Å². The molecule has 1 unspecified atom stereocenters. The van der Waals surface area contributed by atoms with E-state index in [4.69, 9.17) is 9.47 Å². The predicted molar refractivity (Wildman–Crippen MR) is 141 cm³/mol. The number of esters is 2. The third kappa shape index (κ3) is 6.31. The van der Waals surface area contributed by atoms with Crippen LogP contribution in [0.15, 0.2) is 71.2 Å². The lowest BCUT2D eigenvalue weighted by atomic mass is 10.1. The summed E-state index contributed by atoms with van der Waals surface area (Å²) < 4.78 is 10.4. The van der Waals surface area contributed by atoms with Crippen LogP contribution in [-0.2, 0) is 30.3 Å². The first-order chi connectivity index (χ1) is 16.0. The van der Waals surface area contributed by atoms with Crippen molar-refractivity contribution < 1.29 is 23.9 Å². The molecule has 0 spiro atoms. The topological polar surface area (TPSA) is 69.7 Å². The Kier molecular flexibility index (Phi) is 9.54. The average Bonchev–Trinajstić information content (AvgIpc) is 2.82. The number of ether oxygens (including phenoxy) is 2. The maximum atomic E-state index is 13.8. The molecule has 0 aliphatic heterocycles. The van der Waals surface area contributed by atoms with E-state index in [1.165, 1.54) is 14.2 Å². The first kappa shape index (κ1) is 27.7. The number of methoxy groups -OCH3 is 2. The Morgan fingerprint density at radius 1 is 0.824 bits per heavy atom. The van der Waals surface area contributed by atoms with Crippen molar-refractivity contribution in [3.05, 3.63) is 76.7 Å². The molecule has 5 nitrogen and oxygen atoms in total. The van der Waals surface area contributed by atoms with Gasteiger partial charge in [0.05, 0.1) is 27.6 Å². The number of benzene rings is 2. The molecule has 7 heteroatoms. The molecular formula is C27H35O5PSi. The summed E-state index contributed by atoms with van der Waals surface area (Å²) in [7, 11) is -1.83. The van der Waals surface area contributed by atoms with E-state index in [2.05, 4.69) is 20.8 Å². The van der Waals surface area contributed by atoms with Crippen LogP contribution in [0.5, 0.6) is 0 Å². The van der Waals surface area contributed by atoms with Gasteiger partial charge in [-0.25, -0.2) is 9.59 Å². The van der Waals surface area contributed by atoms with Crippen LogP contribution in [0, 0.1) is 0 Å². The highest BCUT2D eigenvalue weighted by Crippen LogP contribution is 2.52. The second kappa shape index (κ2) is 11.7. The van der Waals surface area contributed by atoms with Crippen LogP contribution in [0.25, 0.3) is 0 Å². The summed E-state index contributed by atoms with van der Waals surface area (Å²) in [6.07, 6.45) is 0.796. The Bertz CT molecular complexity index is 1040. The van der Waals surface area contributed by atoms with Gasteiger partial charge >= 0.3 is 11.9 Å². The van der Waals surface area contributed by atoms with Gasteiger partial charge in [0.15, 0.2) is 5.52 Å². The van der Waals surface area contributed by atoms with E-state index in [1.54, 1.807) is 0 Å². The Labute approximate surface area is 205 Å². The second-order valence-corrected chi connectivity index (χ2v) is 17.0. The summed E-state index contributed by atoms with van der Waals surface area (Å²) in [5.74, 6) is -1.21. The summed E-state index contributed by atoms with van der Waals surface area (Å²) in [6.45, 7) is 10.2. The van der Waals surface area contributed by atoms with Crippen LogP contribution in [0.2, 0.25) is 18.1 Å². The van der Waals surface area contributed by atoms with Gasteiger partial charge in [0.1, 0.15) is 0 Å². The number of hydrogen-bond donors (Lipinski definition) is 0. The zero-order chi connectivity index (χ0) is 25.5. The minimum absolute atomic E-state index is 0.0782. The lowest BCUT2D eigenvalue weighted by Gasteiger charge is -2.39. The van der Waals surface area contributed by atoms with E-state index < -0.39 is 27.9 Å². The molecule has 0 radical (unpaired) electrons. The maximum Gasteiger partial charge on any atom is 0.339 e. The van der Waals surface area contributed by atoms with Crippen molar-refractivity contribution in [1.82, 2.24) is 0 Å². The van der Waals surface area contributed by atoms with Gasteiger partial charge in [0.25, 0.3) is 0 Å². The van der Waals surface area contributed by atoms with Crippen molar-refractivity contribution in [3.63, 3.8) is 0 Å². The second-order valence-electron chi connectivity index (χ2n) is 9.63. The standard InChI is InChI=1S/C27H35O5PSi/c1-27(2,3)34(6,7)24(26(30)32-5)23(25(29)31-4)33(21-16-12-9-13-17-21)22(28)19-18-20-14-10-8-11-15-20/h8-17H,18-19H2,1-7H3/b24-23-. The fourth-order valence-electron chi connectivity index (χ4n) is 3.51. The number of carbonyl (C=O) groups is 3. The molecule has 0 saturated carbocycles. The number of rotatable bonds is 9. The largest absolute Gasteiger partial charge is 0.466 e. The molecule has 182 valence electrons. The monoisotopic (exact) mass is 498 g/mol. The highest BCUT2D eigenvalue weighted by molar-refractivity contribution is 7.86. The maximum absolute atomic E-state index is 13.8. The molecular weight excluding hydrogens is 463 g/mol. The third-order valence-corrected chi connectivity index (χ3v) is 14.5. The SMILES string of the molecule is COC(=O)/C(=C(\C(=O)OC)[Si](C)(C)C(C)(C)C)P(C(=O)CCc1ccccc1)c1ccccc1. The Balaban J connectivity index is 2.78. The van der Waals surface area contributed by atoms with Gasteiger partial charge in [0.2, 0.25) is 0 Å². The number of hydrogen-bond acceptors (Lipinski definition) is 5. The number of carbonyl (C=O) groups excluding carboxylic acids is 3. The quantitative estimate of drug-likeness (QED) is 0.195. The van der Waals surface area contributed by atoms with Gasteiger partial charge in [-0.15, -0.1) is 0 Å². The third-order valence-electron chi connectivity index (χ3n) is 6.46. The lowest BCUT2D eigenvalue weighted by molar-refractivity contribution is -0.138. The summed E-state index contributed by atoms with van der Waals surface area (Å²) in [6, 6.07) is 19.0. The van der Waals surface area contributed by atoms with Crippen molar-refractivity contribution in [2.75, 3.05) is 14.2 Å². The van der Waals surface area contributed by atoms with Crippen molar-refractivity contribution in [2.24, 2.45) is 0 Å². The lowest BCUT2D eigenvalue weighted by Crippen LogP contribution is -2.45. The molecule has 34 heavy (non-hydrogen) atoms. The fourth-order valence-corrected chi connectivity index (χ4v) is 8.93. The summed E-state index contributed by atoms with van der Waals surface area (Å²) in [4.78, 5) is 40.4. The van der Waals surface area contributed by atoms with Crippen LogP contribution in [0.4, 0.5) is 0 Å². The van der Waals surface area contributed by atoms with Crippen LogP contribution < -0.4 is 5.30 Å². The normalized spacial score (nSPS) is 13.5. The molecule has 2 rings (SSSR count). The molecule has 2 aromatic carbocycles. The molecule has 0 aliphatic carbocycles. The van der Waals surface area contributed by atoms with E-state index >= 15 is 0 Å². The molecule has 0 N–H and O–H groups in total. The van der Waals surface area contributed by atoms with E-state index in [1.807, 2.05) is 73.8 Å². The molecule has 0 amide bonds. The van der Waals surface area contributed by atoms with Crippen LogP contribution in [0.1, 0.15) is 32.8 Å². The summed E-state index contributed by atoms with van der Waals surface area (Å²) in [5, 5.41) is 0.939. The molecule has 0 saturated heterocycles. The molecule has 1 atom stereocenters. The van der Waals surface area contributed by atoms with Gasteiger partial charge in [0, 0.05) is 19.5 Å². The van der Waals surface area contributed by atoms with Crippen molar-refractivity contribution in [1.29, 1.82) is 0 Å². The molecule has 0 fully saturated rings. The Morgan fingerprint density at radius 2 is 1.32 bits per heavy atom. The summed E-state index contributed by atoms with van der Waals surface area (Å²) in [5.41, 5.74) is 0.964. The molecule has 0 bridgehead atoms. The zero-order valence-corrected chi connectivity index (χ0v) is 23.1. The number of aryl methyl sites for hydroxylation is 1. The van der Waals surface area contributed by atoms with E-state index in [-0.39, 0.29) is 22.3 Å². The first-order valence-corrected chi connectivity index (χ1v) is 15.6. The average molecular weight is 499 g/mol. The highest BCUT2D eigenvalue weighted by Gasteiger charge is 2.47. The van der Waals surface area contributed by atoms with E-state index in [0.29, 0.717) is 11.6 Å². The Hall–Kier alpha value is -2.56. The summed E-state index contributed by atoms with van der Waals surface area (Å²) >= 11 is 0. The smallest absolute Gasteiger partial charge is 0.339 e. The van der Waals surface area contributed by atoms with Crippen molar-refractivity contribution in [3.8, 4) is 0 Å². The minimum Gasteiger partial charge on any atom is -0.466 e. The van der Waals surface area contributed by atoms with Gasteiger partial charge in [-0.2, -0.15) is 0 Å². The molecule has 2 aromatic rings. The van der Waals surface area contributed by atoms with Gasteiger partial charge < -0.3 is 9.47 Å². The van der Waals surface area contributed by atoms with E-state index in [9.17, 15) is 14.4 Å². The zero-order valence-electron chi connectivity index (χ0n) is 21.2. The van der Waals surface area contributed by atoms with Gasteiger partial charge in [-0.3, -0.25) is 4.79 Å². The van der Waals surface area contributed by atoms with Gasteiger partial charge in [-0.1, -0.05) is 94.5 Å². The van der Waals surface area contributed by atoms with E-state index in [0.717, 1.165) is 10.9 Å². The van der Waals surface area contributed by atoms with Crippen LogP contribution in [0.3, 0.4) is 0 Å². The molecule has 0 aliphatic rings. The van der Waals surface area contributed by atoms with Gasteiger partial charge in [-0.05, 0) is 22.3 Å². The highest BCUT2D eigenvalue weighted by atomic mass is 31.1. The van der Waals surface area contributed by atoms with Crippen molar-refractivity contribution in [2.45, 2.75) is 51.7 Å². The fraction of sp³-hybridized carbons (Fsp3) is 0.370. The molecule has 0 heterocycles. The molecule has 0 aromatic heterocycles. The Morgan fingerprint density at radius 3 is 1.79 bits per heavy atom. The first-order valence-electron chi connectivity index (χ1n) is 11.3.